The number of primary amides is 1. The number of carboxylic acids is 1. The van der Waals surface area contributed by atoms with Crippen molar-refractivity contribution in [1.82, 2.24) is 0 Å². The van der Waals surface area contributed by atoms with Gasteiger partial charge in [0.1, 0.15) is 5.78 Å². The molecule has 0 aromatic carbocycles. The highest BCUT2D eigenvalue weighted by molar-refractivity contribution is 5.91. The van der Waals surface area contributed by atoms with Crippen LogP contribution in [0.15, 0.2) is 0 Å². The van der Waals surface area contributed by atoms with Crippen LogP contribution in [-0.4, -0.2) is 22.8 Å². The quantitative estimate of drug-likeness (QED) is 0.733. The maximum atomic E-state index is 11.5. The first-order valence-corrected chi connectivity index (χ1v) is 6.41. The summed E-state index contributed by atoms with van der Waals surface area (Å²) >= 11 is 0. The number of aliphatic carboxylic acids is 1. The van der Waals surface area contributed by atoms with Crippen molar-refractivity contribution in [2.24, 2.45) is 17.6 Å². The number of nitrogens with two attached hydrogens (primary N) is 1. The van der Waals surface area contributed by atoms with E-state index >= 15 is 0 Å². The van der Waals surface area contributed by atoms with Crippen LogP contribution in [0.5, 0.6) is 0 Å². The van der Waals surface area contributed by atoms with Gasteiger partial charge in [-0.1, -0.05) is 26.2 Å². The molecule has 2 atom stereocenters. The fourth-order valence-corrected chi connectivity index (χ4v) is 2.23. The summed E-state index contributed by atoms with van der Waals surface area (Å²) in [6, 6.07) is 0. The van der Waals surface area contributed by atoms with E-state index in [0.29, 0.717) is 12.8 Å². The molecule has 1 amide bonds. The van der Waals surface area contributed by atoms with Crippen LogP contribution in [0.1, 0.15) is 52.4 Å². The van der Waals surface area contributed by atoms with Crippen LogP contribution in [0, 0.1) is 11.8 Å². The fraction of sp³-hybridized carbons (Fsp3) is 0.769. The Morgan fingerprint density at radius 1 is 1.39 bits per heavy atom. The molecule has 0 bridgehead atoms. The standard InChI is InChI=1S/C11H19NO2.C2H4O2/c1-2-3-4-5-8-9(11(12)14)6-7-10(8)13;1-2(3)4/h8-9H,2-7H2,1H3,(H2,12,14);1H3,(H,3,4). The van der Waals surface area contributed by atoms with Crippen molar-refractivity contribution >= 4 is 17.7 Å². The van der Waals surface area contributed by atoms with Gasteiger partial charge in [-0.2, -0.15) is 0 Å². The molecular weight excluding hydrogens is 234 g/mol. The Bertz CT molecular complexity index is 297. The first kappa shape index (κ1) is 16.6. The number of carbonyl (C=O) groups is 3. The summed E-state index contributed by atoms with van der Waals surface area (Å²) in [7, 11) is 0. The number of hydrogen-bond acceptors (Lipinski definition) is 3. The van der Waals surface area contributed by atoms with Crippen molar-refractivity contribution in [2.75, 3.05) is 0 Å². The zero-order valence-electron chi connectivity index (χ0n) is 11.1. The molecule has 18 heavy (non-hydrogen) atoms. The molecule has 0 radical (unpaired) electrons. The zero-order chi connectivity index (χ0) is 14.1. The number of hydrogen-bond donors (Lipinski definition) is 2. The summed E-state index contributed by atoms with van der Waals surface area (Å²) in [5.74, 6) is -1.14. The van der Waals surface area contributed by atoms with Gasteiger partial charge in [0.05, 0.1) is 0 Å². The number of ketones is 1. The minimum atomic E-state index is -0.833. The number of Topliss-reactive ketones (excluding diaryl/α,β-unsaturated/α-hetero) is 1. The molecule has 5 heteroatoms. The number of carboxylic acid groups (broad SMARTS) is 1. The van der Waals surface area contributed by atoms with Gasteiger partial charge in [-0.05, 0) is 12.8 Å². The van der Waals surface area contributed by atoms with Crippen molar-refractivity contribution in [3.8, 4) is 0 Å². The second-order valence-corrected chi connectivity index (χ2v) is 4.64. The Morgan fingerprint density at radius 3 is 2.39 bits per heavy atom. The van der Waals surface area contributed by atoms with Crippen molar-refractivity contribution in [1.29, 1.82) is 0 Å². The van der Waals surface area contributed by atoms with Gasteiger partial charge < -0.3 is 10.8 Å². The third-order valence-electron chi connectivity index (χ3n) is 3.09. The largest absolute Gasteiger partial charge is 0.481 e. The Hall–Kier alpha value is -1.39. The Kier molecular flexibility index (Phi) is 8.00. The fourth-order valence-electron chi connectivity index (χ4n) is 2.23. The molecule has 1 rings (SSSR count). The summed E-state index contributed by atoms with van der Waals surface area (Å²) in [6.45, 7) is 3.21. The lowest BCUT2D eigenvalue weighted by molar-refractivity contribution is -0.134. The normalized spacial score (nSPS) is 22.2. The van der Waals surface area contributed by atoms with Crippen molar-refractivity contribution in [3.63, 3.8) is 0 Å². The van der Waals surface area contributed by atoms with Gasteiger partial charge in [0, 0.05) is 25.2 Å². The van der Waals surface area contributed by atoms with Crippen LogP contribution in [0.3, 0.4) is 0 Å². The number of rotatable bonds is 5. The average Bonchev–Trinajstić information content (AvgIpc) is 2.60. The first-order valence-electron chi connectivity index (χ1n) is 6.41. The Balaban J connectivity index is 0.000000631. The van der Waals surface area contributed by atoms with E-state index < -0.39 is 5.97 Å². The summed E-state index contributed by atoms with van der Waals surface area (Å²) in [5.41, 5.74) is 5.26. The molecule has 2 unspecified atom stereocenters. The summed E-state index contributed by atoms with van der Waals surface area (Å²) in [5, 5.41) is 7.42. The van der Waals surface area contributed by atoms with Gasteiger partial charge in [-0.15, -0.1) is 0 Å². The average molecular weight is 257 g/mol. The highest BCUT2D eigenvalue weighted by atomic mass is 16.4. The molecule has 1 saturated carbocycles. The van der Waals surface area contributed by atoms with Gasteiger partial charge in [0.2, 0.25) is 5.91 Å². The third-order valence-corrected chi connectivity index (χ3v) is 3.09. The Morgan fingerprint density at radius 2 is 1.94 bits per heavy atom. The minimum Gasteiger partial charge on any atom is -0.481 e. The predicted molar refractivity (Wildman–Crippen MR) is 67.9 cm³/mol. The van der Waals surface area contributed by atoms with Crippen LogP contribution < -0.4 is 5.73 Å². The molecule has 0 aliphatic heterocycles. The number of amides is 1. The van der Waals surface area contributed by atoms with Crippen molar-refractivity contribution < 1.29 is 19.5 Å². The van der Waals surface area contributed by atoms with E-state index in [1.165, 1.54) is 0 Å². The summed E-state index contributed by atoms with van der Waals surface area (Å²) in [6.07, 6.45) is 5.38. The summed E-state index contributed by atoms with van der Waals surface area (Å²) in [4.78, 5) is 31.5. The molecular formula is C13H23NO4. The molecule has 0 aromatic rings. The van der Waals surface area contributed by atoms with Gasteiger partial charge in [-0.3, -0.25) is 14.4 Å². The van der Waals surface area contributed by atoms with Gasteiger partial charge in [0.25, 0.3) is 5.97 Å². The van der Waals surface area contributed by atoms with E-state index in [1.54, 1.807) is 0 Å². The van der Waals surface area contributed by atoms with Crippen LogP contribution in [0.25, 0.3) is 0 Å². The monoisotopic (exact) mass is 257 g/mol. The molecule has 1 aliphatic rings. The van der Waals surface area contributed by atoms with E-state index in [-0.39, 0.29) is 23.5 Å². The van der Waals surface area contributed by atoms with Crippen LogP contribution in [0.4, 0.5) is 0 Å². The molecule has 5 nitrogen and oxygen atoms in total. The van der Waals surface area contributed by atoms with Crippen molar-refractivity contribution in [3.05, 3.63) is 0 Å². The van der Waals surface area contributed by atoms with Gasteiger partial charge in [-0.25, -0.2) is 0 Å². The highest BCUT2D eigenvalue weighted by Crippen LogP contribution is 2.32. The topological polar surface area (TPSA) is 97.5 Å². The lowest BCUT2D eigenvalue weighted by Crippen LogP contribution is -2.28. The van der Waals surface area contributed by atoms with E-state index in [1.807, 2.05) is 0 Å². The van der Waals surface area contributed by atoms with Crippen LogP contribution in [0.2, 0.25) is 0 Å². The Labute approximate surface area is 108 Å². The number of unbranched alkanes of at least 4 members (excludes halogenated alkanes) is 2. The third kappa shape index (κ3) is 6.37. The van der Waals surface area contributed by atoms with E-state index in [0.717, 1.165) is 32.6 Å². The maximum Gasteiger partial charge on any atom is 0.300 e. The molecule has 0 saturated heterocycles. The van der Waals surface area contributed by atoms with E-state index in [2.05, 4.69) is 6.92 Å². The van der Waals surface area contributed by atoms with Crippen molar-refractivity contribution in [2.45, 2.75) is 52.4 Å². The van der Waals surface area contributed by atoms with Gasteiger partial charge >= 0.3 is 0 Å². The highest BCUT2D eigenvalue weighted by Gasteiger charge is 2.37. The molecule has 1 fully saturated rings. The summed E-state index contributed by atoms with van der Waals surface area (Å²) < 4.78 is 0. The minimum absolute atomic E-state index is 0.0703. The molecule has 0 aromatic heterocycles. The van der Waals surface area contributed by atoms with E-state index in [4.69, 9.17) is 15.6 Å². The first-order chi connectivity index (χ1) is 8.40. The SMILES string of the molecule is CC(=O)O.CCCCCC1C(=O)CCC1C(N)=O. The lowest BCUT2D eigenvalue weighted by Gasteiger charge is -2.14. The molecule has 0 spiro atoms. The predicted octanol–water partition coefficient (Wildman–Crippen LogP) is 1.74. The number of carbonyl (C=O) groups excluding carboxylic acids is 2. The smallest absolute Gasteiger partial charge is 0.300 e. The molecule has 3 N–H and O–H groups in total. The second-order valence-electron chi connectivity index (χ2n) is 4.64. The zero-order valence-corrected chi connectivity index (χ0v) is 11.1. The lowest BCUT2D eigenvalue weighted by atomic mass is 9.90. The second kappa shape index (κ2) is 8.66. The molecule has 104 valence electrons. The van der Waals surface area contributed by atoms with Crippen LogP contribution in [-0.2, 0) is 14.4 Å². The van der Waals surface area contributed by atoms with Gasteiger partial charge in [0.15, 0.2) is 0 Å². The van der Waals surface area contributed by atoms with Crippen LogP contribution >= 0.6 is 0 Å². The van der Waals surface area contributed by atoms with E-state index in [9.17, 15) is 9.59 Å². The molecule has 0 heterocycles. The maximum absolute atomic E-state index is 11.5. The molecule has 1 aliphatic carbocycles.